The molecular formula is C14H13N3OS3. The van der Waals surface area contributed by atoms with Gasteiger partial charge in [-0.15, -0.1) is 34.0 Å². The molecule has 108 valence electrons. The number of hydrogen-bond donors (Lipinski definition) is 0. The quantitative estimate of drug-likeness (QED) is 0.719. The van der Waals surface area contributed by atoms with Crippen molar-refractivity contribution >= 4 is 39.9 Å². The first-order valence-electron chi connectivity index (χ1n) is 6.31. The first-order chi connectivity index (χ1) is 10.2. The molecule has 3 aromatic heterocycles. The number of hydrogen-bond acceptors (Lipinski definition) is 6. The fourth-order valence-corrected chi connectivity index (χ4v) is 4.19. The van der Waals surface area contributed by atoms with Gasteiger partial charge in [-0.2, -0.15) is 0 Å². The SMILES string of the molecule is C[C@@H](c1cncs1)N(C)C(=O)c1csc(-c2cccs2)n1. The van der Waals surface area contributed by atoms with Crippen LogP contribution < -0.4 is 0 Å². The van der Waals surface area contributed by atoms with Crippen molar-refractivity contribution in [1.82, 2.24) is 14.9 Å². The Hall–Kier alpha value is -1.57. The highest BCUT2D eigenvalue weighted by atomic mass is 32.1. The van der Waals surface area contributed by atoms with Crippen molar-refractivity contribution in [2.45, 2.75) is 13.0 Å². The highest BCUT2D eigenvalue weighted by molar-refractivity contribution is 7.20. The van der Waals surface area contributed by atoms with Crippen LogP contribution in [0.25, 0.3) is 9.88 Å². The highest BCUT2D eigenvalue weighted by Crippen LogP contribution is 2.29. The third kappa shape index (κ3) is 2.90. The van der Waals surface area contributed by atoms with Crippen molar-refractivity contribution in [3.63, 3.8) is 0 Å². The van der Waals surface area contributed by atoms with E-state index in [1.807, 2.05) is 29.8 Å². The first kappa shape index (κ1) is 14.4. The van der Waals surface area contributed by atoms with Crippen LogP contribution in [0, 0.1) is 0 Å². The number of thiophene rings is 1. The molecule has 3 heterocycles. The van der Waals surface area contributed by atoms with Crippen LogP contribution in [0.3, 0.4) is 0 Å². The summed E-state index contributed by atoms with van der Waals surface area (Å²) in [6, 6.07) is 4.00. The van der Waals surface area contributed by atoms with Crippen molar-refractivity contribution in [3.05, 3.63) is 45.2 Å². The summed E-state index contributed by atoms with van der Waals surface area (Å²) >= 11 is 4.69. The second-order valence-electron chi connectivity index (χ2n) is 4.51. The average Bonchev–Trinajstić information content (AvgIpc) is 3.26. The van der Waals surface area contributed by atoms with E-state index in [4.69, 9.17) is 0 Å². The number of carbonyl (C=O) groups is 1. The molecule has 0 saturated carbocycles. The van der Waals surface area contributed by atoms with E-state index in [0.29, 0.717) is 5.69 Å². The predicted molar refractivity (Wildman–Crippen MR) is 88.0 cm³/mol. The summed E-state index contributed by atoms with van der Waals surface area (Å²) in [5.74, 6) is -0.0602. The molecule has 0 aliphatic rings. The Morgan fingerprint density at radius 3 is 2.86 bits per heavy atom. The van der Waals surface area contributed by atoms with Gasteiger partial charge in [-0.05, 0) is 18.4 Å². The van der Waals surface area contributed by atoms with E-state index in [1.165, 1.54) is 11.3 Å². The molecule has 0 fully saturated rings. The van der Waals surface area contributed by atoms with Crippen LogP contribution >= 0.6 is 34.0 Å². The zero-order chi connectivity index (χ0) is 14.8. The molecule has 0 unspecified atom stereocenters. The van der Waals surface area contributed by atoms with Gasteiger partial charge in [0.05, 0.1) is 16.4 Å². The Labute approximate surface area is 134 Å². The number of aromatic nitrogens is 2. The summed E-state index contributed by atoms with van der Waals surface area (Å²) in [5, 5.41) is 4.73. The number of amides is 1. The zero-order valence-electron chi connectivity index (χ0n) is 11.5. The molecule has 0 aliphatic carbocycles. The van der Waals surface area contributed by atoms with Crippen molar-refractivity contribution < 1.29 is 4.79 Å². The Kier molecular flexibility index (Phi) is 4.14. The zero-order valence-corrected chi connectivity index (χ0v) is 14.0. The van der Waals surface area contributed by atoms with Crippen LogP contribution in [0.4, 0.5) is 0 Å². The maximum absolute atomic E-state index is 12.5. The van der Waals surface area contributed by atoms with Crippen molar-refractivity contribution in [2.24, 2.45) is 0 Å². The molecule has 1 amide bonds. The molecule has 1 atom stereocenters. The lowest BCUT2D eigenvalue weighted by Gasteiger charge is -2.22. The molecule has 21 heavy (non-hydrogen) atoms. The van der Waals surface area contributed by atoms with Crippen molar-refractivity contribution in [1.29, 1.82) is 0 Å². The minimum absolute atomic E-state index is 0.00288. The van der Waals surface area contributed by atoms with E-state index in [1.54, 1.807) is 46.3 Å². The molecule has 0 spiro atoms. The molecule has 0 bridgehead atoms. The second kappa shape index (κ2) is 6.05. The fourth-order valence-electron chi connectivity index (χ4n) is 1.86. The molecule has 0 saturated heterocycles. The molecule has 4 nitrogen and oxygen atoms in total. The Bertz CT molecular complexity index is 719. The van der Waals surface area contributed by atoms with Crippen LogP contribution in [0.5, 0.6) is 0 Å². The molecule has 3 aromatic rings. The lowest BCUT2D eigenvalue weighted by molar-refractivity contribution is 0.0740. The normalized spacial score (nSPS) is 12.3. The minimum atomic E-state index is -0.0602. The molecule has 0 radical (unpaired) electrons. The summed E-state index contributed by atoms with van der Waals surface area (Å²) in [4.78, 5) is 24.9. The Morgan fingerprint density at radius 1 is 1.33 bits per heavy atom. The molecule has 0 aliphatic heterocycles. The topological polar surface area (TPSA) is 46.1 Å². The summed E-state index contributed by atoms with van der Waals surface area (Å²) in [6.07, 6.45) is 1.80. The first-order valence-corrected chi connectivity index (χ1v) is 8.95. The van der Waals surface area contributed by atoms with Crippen LogP contribution in [0.1, 0.15) is 28.3 Å². The third-order valence-electron chi connectivity index (χ3n) is 3.22. The lowest BCUT2D eigenvalue weighted by Crippen LogP contribution is -2.29. The van der Waals surface area contributed by atoms with Crippen LogP contribution in [0.2, 0.25) is 0 Å². The maximum atomic E-state index is 12.5. The van der Waals surface area contributed by atoms with Gasteiger partial charge in [-0.1, -0.05) is 6.07 Å². The van der Waals surface area contributed by atoms with E-state index in [2.05, 4.69) is 9.97 Å². The van der Waals surface area contributed by atoms with Gasteiger partial charge in [-0.3, -0.25) is 9.78 Å². The molecule has 0 N–H and O–H groups in total. The number of carbonyl (C=O) groups excluding carboxylic acids is 1. The van der Waals surface area contributed by atoms with Gasteiger partial charge < -0.3 is 4.90 Å². The largest absolute Gasteiger partial charge is 0.333 e. The van der Waals surface area contributed by atoms with Gasteiger partial charge >= 0.3 is 0 Å². The monoisotopic (exact) mass is 335 g/mol. The molecule has 7 heteroatoms. The summed E-state index contributed by atoms with van der Waals surface area (Å²) in [7, 11) is 1.80. The maximum Gasteiger partial charge on any atom is 0.273 e. The standard InChI is InChI=1S/C14H13N3OS3/c1-9(12-6-15-8-21-12)17(2)14(18)10-7-20-13(16-10)11-4-3-5-19-11/h3-9H,1-2H3/t9-/m0/s1. The van der Waals surface area contributed by atoms with Gasteiger partial charge in [0.2, 0.25) is 0 Å². The summed E-state index contributed by atoms with van der Waals surface area (Å²) in [5.41, 5.74) is 2.28. The van der Waals surface area contributed by atoms with E-state index in [-0.39, 0.29) is 11.9 Å². The van der Waals surface area contributed by atoms with E-state index >= 15 is 0 Å². The smallest absolute Gasteiger partial charge is 0.273 e. The average molecular weight is 335 g/mol. The fraction of sp³-hybridized carbons (Fsp3) is 0.214. The van der Waals surface area contributed by atoms with Gasteiger partial charge in [-0.25, -0.2) is 4.98 Å². The van der Waals surface area contributed by atoms with E-state index < -0.39 is 0 Å². The summed E-state index contributed by atoms with van der Waals surface area (Å²) in [6.45, 7) is 2.00. The van der Waals surface area contributed by atoms with Crippen LogP contribution in [-0.4, -0.2) is 27.8 Å². The van der Waals surface area contributed by atoms with Gasteiger partial charge in [0.15, 0.2) is 0 Å². The number of rotatable bonds is 4. The van der Waals surface area contributed by atoms with Gasteiger partial charge in [0.1, 0.15) is 10.7 Å². The number of thiazole rings is 2. The molecular weight excluding hydrogens is 322 g/mol. The third-order valence-corrected chi connectivity index (χ3v) is 6.05. The van der Waals surface area contributed by atoms with Crippen molar-refractivity contribution in [2.75, 3.05) is 7.05 Å². The van der Waals surface area contributed by atoms with Gasteiger partial charge in [0, 0.05) is 23.5 Å². The van der Waals surface area contributed by atoms with Crippen LogP contribution in [0.15, 0.2) is 34.6 Å². The lowest BCUT2D eigenvalue weighted by atomic mass is 10.2. The van der Waals surface area contributed by atoms with Crippen molar-refractivity contribution in [3.8, 4) is 9.88 Å². The molecule has 3 rings (SSSR count). The van der Waals surface area contributed by atoms with E-state index in [9.17, 15) is 4.79 Å². The molecule has 0 aromatic carbocycles. The highest BCUT2D eigenvalue weighted by Gasteiger charge is 2.22. The predicted octanol–water partition coefficient (Wildman–Crippen LogP) is 4.16. The second-order valence-corrected chi connectivity index (χ2v) is 7.23. The Balaban J connectivity index is 1.79. The minimum Gasteiger partial charge on any atom is -0.333 e. The summed E-state index contributed by atoms with van der Waals surface area (Å²) < 4.78 is 0. The van der Waals surface area contributed by atoms with Gasteiger partial charge in [0.25, 0.3) is 5.91 Å². The Morgan fingerprint density at radius 2 is 2.19 bits per heavy atom. The number of nitrogens with zero attached hydrogens (tertiary/aromatic N) is 3. The van der Waals surface area contributed by atoms with E-state index in [0.717, 1.165) is 14.8 Å². The van der Waals surface area contributed by atoms with Crippen LogP contribution in [-0.2, 0) is 0 Å².